The van der Waals surface area contributed by atoms with Gasteiger partial charge in [0.1, 0.15) is 0 Å². The molecule has 0 N–H and O–H groups in total. The Morgan fingerprint density at radius 1 is 0.944 bits per heavy atom. The average Bonchev–Trinajstić information content (AvgIpc) is 2.46. The quantitative estimate of drug-likeness (QED) is 0.551. The van der Waals surface area contributed by atoms with Crippen LogP contribution in [-0.2, 0) is 0 Å². The third-order valence-electron chi connectivity index (χ3n) is 2.89. The van der Waals surface area contributed by atoms with Crippen molar-refractivity contribution < 1.29 is 4.79 Å². The molecule has 0 aromatic heterocycles. The van der Waals surface area contributed by atoms with Gasteiger partial charge in [-0.3, -0.25) is 4.79 Å². The molecule has 0 amide bonds. The van der Waals surface area contributed by atoms with E-state index in [1.807, 2.05) is 42.5 Å². The molecule has 90 valence electrons. The van der Waals surface area contributed by atoms with Crippen LogP contribution in [0.4, 0.5) is 0 Å². The van der Waals surface area contributed by atoms with Gasteiger partial charge in [0.15, 0.2) is 5.78 Å². The summed E-state index contributed by atoms with van der Waals surface area (Å²) in [5.74, 6) is 0.175. The molecule has 0 atom stereocenters. The number of Topliss-reactive ketones (excluding diaryl/α,β-unsaturated/α-hetero) is 1. The maximum atomic E-state index is 11.8. The SMILES string of the molecule is C=CCCC(=O)c1ccc(-c2ccccc2)cc1. The first-order valence-electron chi connectivity index (χ1n) is 6.11. The Morgan fingerprint density at radius 2 is 1.56 bits per heavy atom. The van der Waals surface area contributed by atoms with Gasteiger partial charge in [0.05, 0.1) is 0 Å². The molecule has 0 saturated heterocycles. The Morgan fingerprint density at radius 3 is 2.17 bits per heavy atom. The summed E-state index contributed by atoms with van der Waals surface area (Å²) < 4.78 is 0. The van der Waals surface area contributed by atoms with Crippen LogP contribution in [0.25, 0.3) is 11.1 Å². The fourth-order valence-corrected chi connectivity index (χ4v) is 1.86. The predicted molar refractivity (Wildman–Crippen MR) is 75.6 cm³/mol. The molecular weight excluding hydrogens is 220 g/mol. The first-order valence-corrected chi connectivity index (χ1v) is 6.11. The largest absolute Gasteiger partial charge is 0.294 e. The van der Waals surface area contributed by atoms with Crippen molar-refractivity contribution in [2.45, 2.75) is 12.8 Å². The zero-order valence-corrected chi connectivity index (χ0v) is 10.3. The summed E-state index contributed by atoms with van der Waals surface area (Å²) in [6.07, 6.45) is 3.05. The van der Waals surface area contributed by atoms with Crippen LogP contribution < -0.4 is 0 Å². The van der Waals surface area contributed by atoms with E-state index in [1.54, 1.807) is 6.08 Å². The lowest BCUT2D eigenvalue weighted by Gasteiger charge is -2.03. The van der Waals surface area contributed by atoms with Crippen LogP contribution in [0.3, 0.4) is 0 Å². The summed E-state index contributed by atoms with van der Waals surface area (Å²) in [5, 5.41) is 0. The smallest absolute Gasteiger partial charge is 0.163 e. The van der Waals surface area contributed by atoms with Gasteiger partial charge in [-0.05, 0) is 17.5 Å². The van der Waals surface area contributed by atoms with Crippen molar-refractivity contribution in [2.24, 2.45) is 0 Å². The Hall–Kier alpha value is -2.15. The van der Waals surface area contributed by atoms with Crippen molar-refractivity contribution in [1.29, 1.82) is 0 Å². The second kappa shape index (κ2) is 5.97. The molecule has 0 saturated carbocycles. The summed E-state index contributed by atoms with van der Waals surface area (Å²) in [7, 11) is 0. The topological polar surface area (TPSA) is 17.1 Å². The van der Waals surface area contributed by atoms with Crippen LogP contribution in [-0.4, -0.2) is 5.78 Å². The van der Waals surface area contributed by atoms with Crippen LogP contribution in [0.15, 0.2) is 67.3 Å². The standard InChI is InChI=1S/C17H16O/c1-2-3-9-17(18)16-12-10-15(11-13-16)14-7-5-4-6-8-14/h2,4-8,10-13H,1,3,9H2. The summed E-state index contributed by atoms with van der Waals surface area (Å²) in [6.45, 7) is 3.63. The molecule has 1 heteroatoms. The lowest BCUT2D eigenvalue weighted by Crippen LogP contribution is -1.97. The fraction of sp³-hybridized carbons (Fsp3) is 0.118. The number of hydrogen-bond donors (Lipinski definition) is 0. The summed E-state index contributed by atoms with van der Waals surface area (Å²) in [4.78, 5) is 11.8. The van der Waals surface area contributed by atoms with E-state index in [1.165, 1.54) is 5.56 Å². The van der Waals surface area contributed by atoms with Crippen molar-refractivity contribution in [1.82, 2.24) is 0 Å². The van der Waals surface area contributed by atoms with E-state index >= 15 is 0 Å². The molecular formula is C17H16O. The lowest BCUT2D eigenvalue weighted by molar-refractivity contribution is 0.0983. The van der Waals surface area contributed by atoms with Crippen LogP contribution in [0, 0.1) is 0 Å². The molecule has 0 spiro atoms. The first kappa shape index (κ1) is 12.3. The normalized spacial score (nSPS) is 10.0. The van der Waals surface area contributed by atoms with Gasteiger partial charge in [0.2, 0.25) is 0 Å². The number of carbonyl (C=O) groups is 1. The highest BCUT2D eigenvalue weighted by Gasteiger charge is 2.04. The van der Waals surface area contributed by atoms with E-state index in [-0.39, 0.29) is 5.78 Å². The minimum atomic E-state index is 0.175. The Kier molecular flexibility index (Phi) is 4.08. The van der Waals surface area contributed by atoms with Crippen LogP contribution in [0.1, 0.15) is 23.2 Å². The Balaban J connectivity index is 2.15. The van der Waals surface area contributed by atoms with E-state index in [4.69, 9.17) is 0 Å². The van der Waals surface area contributed by atoms with Gasteiger partial charge in [0, 0.05) is 12.0 Å². The third-order valence-corrected chi connectivity index (χ3v) is 2.89. The molecule has 0 bridgehead atoms. The second-order valence-electron chi connectivity index (χ2n) is 4.19. The van der Waals surface area contributed by atoms with Crippen molar-refractivity contribution in [3.63, 3.8) is 0 Å². The van der Waals surface area contributed by atoms with Crippen molar-refractivity contribution >= 4 is 5.78 Å². The third kappa shape index (κ3) is 2.95. The number of ketones is 1. The molecule has 0 radical (unpaired) electrons. The molecule has 0 aliphatic heterocycles. The minimum absolute atomic E-state index is 0.175. The van der Waals surface area contributed by atoms with E-state index in [9.17, 15) is 4.79 Å². The Bertz CT molecular complexity index is 523. The molecule has 0 unspecified atom stereocenters. The van der Waals surface area contributed by atoms with Gasteiger partial charge in [-0.15, -0.1) is 6.58 Å². The maximum Gasteiger partial charge on any atom is 0.163 e. The molecule has 18 heavy (non-hydrogen) atoms. The highest BCUT2D eigenvalue weighted by atomic mass is 16.1. The van der Waals surface area contributed by atoms with Gasteiger partial charge in [0.25, 0.3) is 0 Å². The van der Waals surface area contributed by atoms with E-state index in [2.05, 4.69) is 18.7 Å². The average molecular weight is 236 g/mol. The van der Waals surface area contributed by atoms with Crippen molar-refractivity contribution in [3.8, 4) is 11.1 Å². The predicted octanol–water partition coefficient (Wildman–Crippen LogP) is 4.50. The number of benzene rings is 2. The zero-order chi connectivity index (χ0) is 12.8. The molecule has 0 aliphatic rings. The first-order chi connectivity index (χ1) is 8.81. The van der Waals surface area contributed by atoms with Gasteiger partial charge in [-0.25, -0.2) is 0 Å². The summed E-state index contributed by atoms with van der Waals surface area (Å²) >= 11 is 0. The zero-order valence-electron chi connectivity index (χ0n) is 10.3. The van der Waals surface area contributed by atoms with E-state index in [0.29, 0.717) is 6.42 Å². The molecule has 2 aromatic carbocycles. The molecule has 0 aliphatic carbocycles. The maximum absolute atomic E-state index is 11.8. The minimum Gasteiger partial charge on any atom is -0.294 e. The number of hydrogen-bond acceptors (Lipinski definition) is 1. The highest BCUT2D eigenvalue weighted by Crippen LogP contribution is 2.19. The second-order valence-corrected chi connectivity index (χ2v) is 4.19. The van der Waals surface area contributed by atoms with E-state index < -0.39 is 0 Å². The van der Waals surface area contributed by atoms with Crippen molar-refractivity contribution in [2.75, 3.05) is 0 Å². The van der Waals surface area contributed by atoms with Gasteiger partial charge >= 0.3 is 0 Å². The highest BCUT2D eigenvalue weighted by molar-refractivity contribution is 5.96. The number of rotatable bonds is 5. The van der Waals surface area contributed by atoms with Crippen LogP contribution >= 0.6 is 0 Å². The van der Waals surface area contributed by atoms with E-state index in [0.717, 1.165) is 17.5 Å². The lowest BCUT2D eigenvalue weighted by atomic mass is 10.0. The number of allylic oxidation sites excluding steroid dienone is 1. The Labute approximate surface area is 108 Å². The van der Waals surface area contributed by atoms with Crippen molar-refractivity contribution in [3.05, 3.63) is 72.8 Å². The summed E-state index contributed by atoms with van der Waals surface area (Å²) in [6, 6.07) is 17.9. The van der Waals surface area contributed by atoms with Gasteiger partial charge in [-0.2, -0.15) is 0 Å². The monoisotopic (exact) mass is 236 g/mol. The van der Waals surface area contributed by atoms with Gasteiger partial charge < -0.3 is 0 Å². The molecule has 2 rings (SSSR count). The molecule has 2 aromatic rings. The molecule has 0 fully saturated rings. The number of carbonyl (C=O) groups excluding carboxylic acids is 1. The molecule has 1 nitrogen and oxygen atoms in total. The molecule has 0 heterocycles. The summed E-state index contributed by atoms with van der Waals surface area (Å²) in [5.41, 5.74) is 3.08. The van der Waals surface area contributed by atoms with Gasteiger partial charge in [-0.1, -0.05) is 60.7 Å². The van der Waals surface area contributed by atoms with Crippen LogP contribution in [0.5, 0.6) is 0 Å². The fourth-order valence-electron chi connectivity index (χ4n) is 1.86. The van der Waals surface area contributed by atoms with Crippen LogP contribution in [0.2, 0.25) is 0 Å².